The van der Waals surface area contributed by atoms with Crippen LogP contribution in [-0.2, 0) is 9.53 Å². The van der Waals surface area contributed by atoms with Crippen molar-refractivity contribution in [2.45, 2.75) is 13.8 Å². The van der Waals surface area contributed by atoms with Crippen LogP contribution in [0, 0.1) is 0 Å². The van der Waals surface area contributed by atoms with Gasteiger partial charge in [0.2, 0.25) is 5.91 Å². The molecule has 0 aromatic heterocycles. The summed E-state index contributed by atoms with van der Waals surface area (Å²) in [6.07, 6.45) is 1.49. The van der Waals surface area contributed by atoms with Gasteiger partial charge in [0.25, 0.3) is 0 Å². The number of allylic oxidation sites excluding steroid dienone is 1. The summed E-state index contributed by atoms with van der Waals surface area (Å²) in [5.41, 5.74) is 1.88. The molecule has 1 N–H and O–H groups in total. The number of ether oxygens (including phenoxy) is 1. The van der Waals surface area contributed by atoms with E-state index in [1.807, 2.05) is 13.8 Å². The van der Waals surface area contributed by atoms with Crippen LogP contribution in [-0.4, -0.2) is 19.0 Å². The van der Waals surface area contributed by atoms with Gasteiger partial charge in [-0.05, 0) is 32.0 Å². The van der Waals surface area contributed by atoms with E-state index in [1.165, 1.54) is 13.2 Å². The van der Waals surface area contributed by atoms with E-state index < -0.39 is 5.97 Å². The maximum Gasteiger partial charge on any atom is 0.337 e. The highest BCUT2D eigenvalue weighted by molar-refractivity contribution is 6.00. The predicted molar refractivity (Wildman–Crippen MR) is 65.8 cm³/mol. The standard InChI is InChI=1S/C13H15NO3/c1-9(2)7-12(15)14-11-6-4-5-10(8-11)13(16)17-3/h4-8H,1-3H3,(H,14,15). The Hall–Kier alpha value is -2.10. The summed E-state index contributed by atoms with van der Waals surface area (Å²) in [4.78, 5) is 22.8. The van der Waals surface area contributed by atoms with Crippen molar-refractivity contribution < 1.29 is 14.3 Å². The first-order valence-corrected chi connectivity index (χ1v) is 5.17. The minimum Gasteiger partial charge on any atom is -0.465 e. The van der Waals surface area contributed by atoms with Crippen molar-refractivity contribution in [3.63, 3.8) is 0 Å². The van der Waals surface area contributed by atoms with Crippen molar-refractivity contribution >= 4 is 17.6 Å². The summed E-state index contributed by atoms with van der Waals surface area (Å²) in [6.45, 7) is 3.68. The Balaban J connectivity index is 2.83. The number of nitrogens with one attached hydrogen (secondary N) is 1. The van der Waals surface area contributed by atoms with Gasteiger partial charge in [0.15, 0.2) is 0 Å². The van der Waals surface area contributed by atoms with Crippen LogP contribution in [0.1, 0.15) is 24.2 Å². The number of carbonyl (C=O) groups excluding carboxylic acids is 2. The number of benzene rings is 1. The molecule has 0 radical (unpaired) electrons. The van der Waals surface area contributed by atoms with Gasteiger partial charge in [-0.2, -0.15) is 0 Å². The minimum atomic E-state index is -0.427. The number of hydrogen-bond donors (Lipinski definition) is 1. The molecular weight excluding hydrogens is 218 g/mol. The van der Waals surface area contributed by atoms with E-state index in [1.54, 1.807) is 24.3 Å². The Morgan fingerprint density at radius 1 is 1.29 bits per heavy atom. The molecule has 17 heavy (non-hydrogen) atoms. The number of carbonyl (C=O) groups is 2. The zero-order valence-corrected chi connectivity index (χ0v) is 10.1. The van der Waals surface area contributed by atoms with Crippen LogP contribution < -0.4 is 5.32 Å². The van der Waals surface area contributed by atoms with Crippen molar-refractivity contribution in [2.75, 3.05) is 12.4 Å². The maximum absolute atomic E-state index is 11.5. The van der Waals surface area contributed by atoms with Crippen LogP contribution in [0.5, 0.6) is 0 Å². The second-order valence-electron chi connectivity index (χ2n) is 3.78. The smallest absolute Gasteiger partial charge is 0.337 e. The molecule has 0 aliphatic heterocycles. The molecular formula is C13H15NO3. The van der Waals surface area contributed by atoms with Gasteiger partial charge in [0.1, 0.15) is 0 Å². The highest BCUT2D eigenvalue weighted by Gasteiger charge is 2.06. The Morgan fingerprint density at radius 2 is 2.00 bits per heavy atom. The van der Waals surface area contributed by atoms with Crippen LogP contribution in [0.4, 0.5) is 5.69 Å². The summed E-state index contributed by atoms with van der Waals surface area (Å²) in [5, 5.41) is 2.67. The largest absolute Gasteiger partial charge is 0.465 e. The van der Waals surface area contributed by atoms with Gasteiger partial charge < -0.3 is 10.1 Å². The molecule has 1 aromatic rings. The Kier molecular flexibility index (Phi) is 4.46. The first-order valence-electron chi connectivity index (χ1n) is 5.17. The van der Waals surface area contributed by atoms with Crippen molar-refractivity contribution in [1.82, 2.24) is 0 Å². The van der Waals surface area contributed by atoms with E-state index >= 15 is 0 Å². The lowest BCUT2D eigenvalue weighted by Gasteiger charge is -2.04. The lowest BCUT2D eigenvalue weighted by Crippen LogP contribution is -2.09. The average Bonchev–Trinajstić information content (AvgIpc) is 2.27. The van der Waals surface area contributed by atoms with Gasteiger partial charge in [0.05, 0.1) is 12.7 Å². The van der Waals surface area contributed by atoms with Crippen LogP contribution in [0.3, 0.4) is 0 Å². The van der Waals surface area contributed by atoms with Gasteiger partial charge in [0, 0.05) is 11.8 Å². The van der Waals surface area contributed by atoms with Crippen molar-refractivity contribution in [1.29, 1.82) is 0 Å². The van der Waals surface area contributed by atoms with Crippen LogP contribution in [0.15, 0.2) is 35.9 Å². The molecule has 0 bridgehead atoms. The fourth-order valence-corrected chi connectivity index (χ4v) is 1.28. The molecule has 1 aromatic carbocycles. The molecule has 0 fully saturated rings. The normalized spacial score (nSPS) is 9.35. The first kappa shape index (κ1) is 13.0. The molecule has 0 aliphatic carbocycles. The Labute approximate surface area is 100 Å². The summed E-state index contributed by atoms with van der Waals surface area (Å²) in [6, 6.07) is 6.60. The lowest BCUT2D eigenvalue weighted by molar-refractivity contribution is -0.111. The summed E-state index contributed by atoms with van der Waals surface area (Å²) < 4.78 is 4.60. The fraction of sp³-hybridized carbons (Fsp3) is 0.231. The van der Waals surface area contributed by atoms with E-state index in [4.69, 9.17) is 0 Å². The molecule has 0 spiro atoms. The zero-order chi connectivity index (χ0) is 12.8. The van der Waals surface area contributed by atoms with Gasteiger partial charge >= 0.3 is 5.97 Å². The second kappa shape index (κ2) is 5.84. The first-order chi connectivity index (χ1) is 8.02. The lowest BCUT2D eigenvalue weighted by atomic mass is 10.2. The third-order valence-corrected chi connectivity index (χ3v) is 1.97. The van der Waals surface area contributed by atoms with Gasteiger partial charge in [-0.1, -0.05) is 11.6 Å². The molecule has 0 heterocycles. The number of amides is 1. The predicted octanol–water partition coefficient (Wildman–Crippen LogP) is 2.38. The second-order valence-corrected chi connectivity index (χ2v) is 3.78. The van der Waals surface area contributed by atoms with Crippen LogP contribution >= 0.6 is 0 Å². The van der Waals surface area contributed by atoms with Crippen LogP contribution in [0.2, 0.25) is 0 Å². The van der Waals surface area contributed by atoms with E-state index in [9.17, 15) is 9.59 Å². The highest BCUT2D eigenvalue weighted by Crippen LogP contribution is 2.11. The molecule has 0 saturated heterocycles. The summed E-state index contributed by atoms with van der Waals surface area (Å²) >= 11 is 0. The fourth-order valence-electron chi connectivity index (χ4n) is 1.28. The van der Waals surface area contributed by atoms with E-state index in [-0.39, 0.29) is 5.91 Å². The van der Waals surface area contributed by atoms with E-state index in [2.05, 4.69) is 10.1 Å². The van der Waals surface area contributed by atoms with E-state index in [0.29, 0.717) is 11.3 Å². The van der Waals surface area contributed by atoms with Gasteiger partial charge in [-0.25, -0.2) is 4.79 Å². The van der Waals surface area contributed by atoms with Gasteiger partial charge in [-0.3, -0.25) is 4.79 Å². The number of anilines is 1. The van der Waals surface area contributed by atoms with E-state index in [0.717, 1.165) is 5.57 Å². The molecule has 1 amide bonds. The molecule has 0 atom stereocenters. The third-order valence-electron chi connectivity index (χ3n) is 1.97. The molecule has 1 rings (SSSR count). The summed E-state index contributed by atoms with van der Waals surface area (Å²) in [5.74, 6) is -0.643. The van der Waals surface area contributed by atoms with Gasteiger partial charge in [-0.15, -0.1) is 0 Å². The topological polar surface area (TPSA) is 55.4 Å². The number of rotatable bonds is 3. The Bertz CT molecular complexity index is 459. The molecule has 90 valence electrons. The highest BCUT2D eigenvalue weighted by atomic mass is 16.5. The monoisotopic (exact) mass is 233 g/mol. The molecule has 0 unspecified atom stereocenters. The molecule has 0 saturated carbocycles. The average molecular weight is 233 g/mol. The number of methoxy groups -OCH3 is 1. The third kappa shape index (κ3) is 4.10. The molecule has 0 aliphatic rings. The van der Waals surface area contributed by atoms with Crippen molar-refractivity contribution in [2.24, 2.45) is 0 Å². The number of esters is 1. The summed E-state index contributed by atoms with van der Waals surface area (Å²) in [7, 11) is 1.32. The van der Waals surface area contributed by atoms with Crippen LogP contribution in [0.25, 0.3) is 0 Å². The SMILES string of the molecule is COC(=O)c1cccc(NC(=O)C=C(C)C)c1. The number of hydrogen-bond acceptors (Lipinski definition) is 3. The minimum absolute atomic E-state index is 0.216. The quantitative estimate of drug-likeness (QED) is 0.644. The molecule has 4 heteroatoms. The Morgan fingerprint density at radius 3 is 2.59 bits per heavy atom. The van der Waals surface area contributed by atoms with Crippen molar-refractivity contribution in [3.05, 3.63) is 41.5 Å². The maximum atomic E-state index is 11.5. The van der Waals surface area contributed by atoms with Crippen molar-refractivity contribution in [3.8, 4) is 0 Å². The zero-order valence-electron chi connectivity index (χ0n) is 10.1. The molecule has 4 nitrogen and oxygen atoms in total.